The number of pyridine rings is 1. The van der Waals surface area contributed by atoms with E-state index in [1.54, 1.807) is 18.2 Å². The standard InChI is InChI=1S/C13H17NO4/c1-16-13(15)11-3-2-4-12(14-11)18-9-10-5-7-17-8-6-10/h2-4,10H,5-9H2,1H3. The van der Waals surface area contributed by atoms with Crippen LogP contribution >= 0.6 is 0 Å². The van der Waals surface area contributed by atoms with E-state index in [2.05, 4.69) is 9.72 Å². The van der Waals surface area contributed by atoms with Crippen molar-refractivity contribution in [2.45, 2.75) is 12.8 Å². The van der Waals surface area contributed by atoms with E-state index in [9.17, 15) is 4.79 Å². The minimum Gasteiger partial charge on any atom is -0.477 e. The molecule has 1 aliphatic heterocycles. The summed E-state index contributed by atoms with van der Waals surface area (Å²) in [5.41, 5.74) is 0.266. The molecule has 2 heterocycles. The van der Waals surface area contributed by atoms with Gasteiger partial charge in [0.2, 0.25) is 5.88 Å². The molecule has 0 bridgehead atoms. The Hall–Kier alpha value is -1.62. The van der Waals surface area contributed by atoms with Gasteiger partial charge < -0.3 is 14.2 Å². The highest BCUT2D eigenvalue weighted by Crippen LogP contribution is 2.16. The molecule has 18 heavy (non-hydrogen) atoms. The Balaban J connectivity index is 1.90. The largest absolute Gasteiger partial charge is 0.477 e. The van der Waals surface area contributed by atoms with E-state index >= 15 is 0 Å². The summed E-state index contributed by atoms with van der Waals surface area (Å²) in [6, 6.07) is 5.08. The average molecular weight is 251 g/mol. The number of esters is 1. The van der Waals surface area contributed by atoms with Gasteiger partial charge in [0.25, 0.3) is 0 Å². The van der Waals surface area contributed by atoms with Crippen molar-refractivity contribution in [3.8, 4) is 5.88 Å². The van der Waals surface area contributed by atoms with Crippen LogP contribution in [0.25, 0.3) is 0 Å². The quantitative estimate of drug-likeness (QED) is 0.762. The summed E-state index contributed by atoms with van der Waals surface area (Å²) in [7, 11) is 1.33. The first-order chi connectivity index (χ1) is 8.79. The second-order valence-electron chi connectivity index (χ2n) is 4.22. The van der Waals surface area contributed by atoms with Crippen molar-refractivity contribution in [3.05, 3.63) is 23.9 Å². The van der Waals surface area contributed by atoms with Gasteiger partial charge in [-0.25, -0.2) is 9.78 Å². The molecule has 0 amide bonds. The number of methoxy groups -OCH3 is 1. The van der Waals surface area contributed by atoms with E-state index in [0.29, 0.717) is 18.4 Å². The lowest BCUT2D eigenvalue weighted by atomic mass is 10.0. The van der Waals surface area contributed by atoms with Crippen molar-refractivity contribution < 1.29 is 19.0 Å². The van der Waals surface area contributed by atoms with Crippen molar-refractivity contribution in [1.82, 2.24) is 4.98 Å². The first-order valence-corrected chi connectivity index (χ1v) is 6.05. The van der Waals surface area contributed by atoms with Gasteiger partial charge in [-0.1, -0.05) is 6.07 Å². The van der Waals surface area contributed by atoms with Gasteiger partial charge in [-0.3, -0.25) is 0 Å². The summed E-state index contributed by atoms with van der Waals surface area (Å²) >= 11 is 0. The molecule has 2 rings (SSSR count). The molecule has 1 aromatic heterocycles. The highest BCUT2D eigenvalue weighted by molar-refractivity contribution is 5.87. The number of nitrogens with zero attached hydrogens (tertiary/aromatic N) is 1. The van der Waals surface area contributed by atoms with Gasteiger partial charge in [-0.05, 0) is 24.8 Å². The number of rotatable bonds is 4. The molecular weight excluding hydrogens is 234 g/mol. The molecule has 0 saturated carbocycles. The van der Waals surface area contributed by atoms with E-state index in [1.165, 1.54) is 7.11 Å². The second kappa shape index (κ2) is 6.35. The topological polar surface area (TPSA) is 57.7 Å². The summed E-state index contributed by atoms with van der Waals surface area (Å²) in [5, 5.41) is 0. The number of ether oxygens (including phenoxy) is 3. The number of carbonyl (C=O) groups excluding carboxylic acids is 1. The van der Waals surface area contributed by atoms with Gasteiger partial charge in [-0.2, -0.15) is 0 Å². The lowest BCUT2D eigenvalue weighted by Gasteiger charge is -2.21. The Morgan fingerprint density at radius 1 is 1.44 bits per heavy atom. The van der Waals surface area contributed by atoms with E-state index in [0.717, 1.165) is 26.1 Å². The predicted molar refractivity (Wildman–Crippen MR) is 64.6 cm³/mol. The molecule has 5 nitrogen and oxygen atoms in total. The zero-order chi connectivity index (χ0) is 12.8. The van der Waals surface area contributed by atoms with Gasteiger partial charge in [-0.15, -0.1) is 0 Å². The lowest BCUT2D eigenvalue weighted by molar-refractivity contribution is 0.0488. The van der Waals surface area contributed by atoms with Crippen molar-refractivity contribution in [2.75, 3.05) is 26.9 Å². The zero-order valence-corrected chi connectivity index (χ0v) is 10.4. The smallest absolute Gasteiger partial charge is 0.356 e. The highest BCUT2D eigenvalue weighted by atomic mass is 16.5. The highest BCUT2D eigenvalue weighted by Gasteiger charge is 2.15. The van der Waals surface area contributed by atoms with Crippen molar-refractivity contribution in [1.29, 1.82) is 0 Å². The number of hydrogen-bond acceptors (Lipinski definition) is 5. The third-order valence-corrected chi connectivity index (χ3v) is 2.93. The minimum absolute atomic E-state index is 0.266. The predicted octanol–water partition coefficient (Wildman–Crippen LogP) is 1.67. The van der Waals surface area contributed by atoms with Gasteiger partial charge in [0.15, 0.2) is 5.69 Å². The summed E-state index contributed by atoms with van der Waals surface area (Å²) in [6.45, 7) is 2.20. The molecule has 0 radical (unpaired) electrons. The third-order valence-electron chi connectivity index (χ3n) is 2.93. The van der Waals surface area contributed by atoms with E-state index in [4.69, 9.17) is 9.47 Å². The fraction of sp³-hybridized carbons (Fsp3) is 0.538. The van der Waals surface area contributed by atoms with Gasteiger partial charge in [0.1, 0.15) is 0 Å². The molecule has 1 aromatic rings. The van der Waals surface area contributed by atoms with Crippen LogP contribution in [0.3, 0.4) is 0 Å². The lowest BCUT2D eigenvalue weighted by Crippen LogP contribution is -2.21. The van der Waals surface area contributed by atoms with Crippen LogP contribution in [-0.2, 0) is 9.47 Å². The summed E-state index contributed by atoms with van der Waals surface area (Å²) in [4.78, 5) is 15.4. The fourth-order valence-electron chi connectivity index (χ4n) is 1.83. The summed E-state index contributed by atoms with van der Waals surface area (Å²) in [5.74, 6) is 0.512. The minimum atomic E-state index is -0.452. The van der Waals surface area contributed by atoms with Crippen LogP contribution in [0.4, 0.5) is 0 Å². The molecule has 0 unspecified atom stereocenters. The first kappa shape index (κ1) is 12.8. The van der Waals surface area contributed by atoms with Crippen molar-refractivity contribution in [2.24, 2.45) is 5.92 Å². The van der Waals surface area contributed by atoms with Crippen LogP contribution < -0.4 is 4.74 Å². The third kappa shape index (κ3) is 3.43. The molecular formula is C13H17NO4. The maximum absolute atomic E-state index is 11.3. The van der Waals surface area contributed by atoms with Crippen molar-refractivity contribution >= 4 is 5.97 Å². The van der Waals surface area contributed by atoms with Crippen LogP contribution in [0.15, 0.2) is 18.2 Å². The van der Waals surface area contributed by atoms with Crippen LogP contribution in [0.2, 0.25) is 0 Å². The van der Waals surface area contributed by atoms with E-state index in [-0.39, 0.29) is 5.69 Å². The molecule has 0 aliphatic carbocycles. The number of carbonyl (C=O) groups is 1. The van der Waals surface area contributed by atoms with Crippen LogP contribution in [-0.4, -0.2) is 37.9 Å². The Bertz CT molecular complexity index is 402. The maximum Gasteiger partial charge on any atom is 0.356 e. The summed E-state index contributed by atoms with van der Waals surface area (Å²) in [6.07, 6.45) is 2.02. The maximum atomic E-state index is 11.3. The summed E-state index contributed by atoms with van der Waals surface area (Å²) < 4.78 is 15.5. The van der Waals surface area contributed by atoms with Crippen LogP contribution in [0, 0.1) is 5.92 Å². The Morgan fingerprint density at radius 3 is 2.94 bits per heavy atom. The monoisotopic (exact) mass is 251 g/mol. The molecule has 0 aromatic carbocycles. The van der Waals surface area contributed by atoms with Crippen LogP contribution in [0.5, 0.6) is 5.88 Å². The Morgan fingerprint density at radius 2 is 2.22 bits per heavy atom. The molecule has 0 atom stereocenters. The van der Waals surface area contributed by atoms with Crippen molar-refractivity contribution in [3.63, 3.8) is 0 Å². The fourth-order valence-corrected chi connectivity index (χ4v) is 1.83. The normalized spacial score (nSPS) is 16.3. The molecule has 1 fully saturated rings. The van der Waals surface area contributed by atoms with Gasteiger partial charge in [0.05, 0.1) is 13.7 Å². The first-order valence-electron chi connectivity index (χ1n) is 6.05. The average Bonchev–Trinajstić information content (AvgIpc) is 2.45. The molecule has 5 heteroatoms. The molecule has 98 valence electrons. The van der Waals surface area contributed by atoms with E-state index in [1.807, 2.05) is 0 Å². The Kier molecular flexibility index (Phi) is 4.52. The SMILES string of the molecule is COC(=O)c1cccc(OCC2CCOCC2)n1. The van der Waals surface area contributed by atoms with Gasteiger partial charge in [0, 0.05) is 19.3 Å². The van der Waals surface area contributed by atoms with Gasteiger partial charge >= 0.3 is 5.97 Å². The molecule has 1 saturated heterocycles. The van der Waals surface area contributed by atoms with E-state index < -0.39 is 5.97 Å². The molecule has 0 N–H and O–H groups in total. The molecule has 0 spiro atoms. The number of hydrogen-bond donors (Lipinski definition) is 0. The Labute approximate surface area is 106 Å². The second-order valence-corrected chi connectivity index (χ2v) is 4.22. The zero-order valence-electron chi connectivity index (χ0n) is 10.4. The molecule has 1 aliphatic rings. The van der Waals surface area contributed by atoms with Crippen LogP contribution in [0.1, 0.15) is 23.3 Å². The number of aromatic nitrogens is 1.